The summed E-state index contributed by atoms with van der Waals surface area (Å²) in [6.07, 6.45) is 23.7. The van der Waals surface area contributed by atoms with Crippen LogP contribution in [-0.4, -0.2) is 12.3 Å². The Morgan fingerprint density at radius 2 is 0.862 bits per heavy atom. The first-order chi connectivity index (χ1) is 28.3. The molecule has 0 aromatic heterocycles. The normalized spacial score (nSPS) is 10.8. The van der Waals surface area contributed by atoms with E-state index in [1.807, 2.05) is 79.1 Å². The molecule has 0 aliphatic carbocycles. The van der Waals surface area contributed by atoms with Gasteiger partial charge in [0.25, 0.3) is 0 Å². The summed E-state index contributed by atoms with van der Waals surface area (Å²) in [7, 11) is 0. The molecule has 0 saturated heterocycles. The molecular formula is C54H38N2O2. The van der Waals surface area contributed by atoms with Crippen LogP contribution in [0.15, 0.2) is 164 Å². The quantitative estimate of drug-likeness (QED) is 0.0884. The highest BCUT2D eigenvalue weighted by Crippen LogP contribution is 2.37. The third kappa shape index (κ3) is 9.32. The SMILES string of the molecule is C#Cc1ccc(-c2cccc(-c3ccc(C#C)cc3)c2C(=O)[O-])cc1.C#Cc1ccc(-c2cccc(-c3ccc(C#C)cc3)c2NC=[NH+][C@H](C)c2ccccc2)cc1. The van der Waals surface area contributed by atoms with Gasteiger partial charge < -0.3 is 9.90 Å². The first kappa shape index (κ1) is 39.4. The van der Waals surface area contributed by atoms with Gasteiger partial charge in [-0.05, 0) is 94.4 Å². The van der Waals surface area contributed by atoms with E-state index in [4.69, 9.17) is 25.7 Å². The summed E-state index contributed by atoms with van der Waals surface area (Å²) in [4.78, 5) is 15.3. The maximum absolute atomic E-state index is 11.9. The number of hydrogen-bond acceptors (Lipinski definition) is 2. The van der Waals surface area contributed by atoms with Crippen molar-refractivity contribution in [3.63, 3.8) is 0 Å². The van der Waals surface area contributed by atoms with E-state index in [1.54, 1.807) is 36.4 Å². The first-order valence-electron chi connectivity index (χ1n) is 18.5. The molecule has 276 valence electrons. The standard InChI is InChI=1S/C31H24N2.C23H14O2/c1-4-24-14-18-27(19-15-24)29-12-9-13-30(28-20-16-25(5-2)17-21-28)31(29)33-22-32-23(3)26-10-7-6-8-11-26;1-3-16-8-12-18(13-9-16)20-6-5-7-21(22(20)23(24)25)19-14-10-17(4-2)11-15-19/h1-2,6-23H,3H3,(H,32,33);1-2,5-15H,(H,24,25)/t23-;/m1./s1. The molecular weight excluding hydrogens is 709 g/mol. The molecule has 0 aliphatic heterocycles. The molecule has 1 atom stereocenters. The van der Waals surface area contributed by atoms with Crippen LogP contribution >= 0.6 is 0 Å². The van der Waals surface area contributed by atoms with Crippen LogP contribution < -0.4 is 15.4 Å². The van der Waals surface area contributed by atoms with Crippen molar-refractivity contribution in [2.75, 3.05) is 5.32 Å². The van der Waals surface area contributed by atoms with Crippen molar-refractivity contribution in [2.24, 2.45) is 0 Å². The average Bonchev–Trinajstić information content (AvgIpc) is 3.29. The van der Waals surface area contributed by atoms with Gasteiger partial charge in [-0.2, -0.15) is 0 Å². The molecule has 0 aliphatic rings. The van der Waals surface area contributed by atoms with E-state index in [0.717, 1.165) is 61.3 Å². The van der Waals surface area contributed by atoms with Gasteiger partial charge in [-0.15, -0.1) is 25.7 Å². The molecule has 0 bridgehead atoms. The van der Waals surface area contributed by atoms with Crippen LogP contribution in [0.3, 0.4) is 0 Å². The lowest BCUT2D eigenvalue weighted by Crippen LogP contribution is -2.71. The lowest BCUT2D eigenvalue weighted by molar-refractivity contribution is -0.500. The largest absolute Gasteiger partial charge is 0.545 e. The van der Waals surface area contributed by atoms with Crippen LogP contribution in [0.1, 0.15) is 51.1 Å². The Bertz CT molecular complexity index is 2580. The fraction of sp³-hybridized carbons (Fsp3) is 0.0370. The molecule has 0 unspecified atom stereocenters. The van der Waals surface area contributed by atoms with Gasteiger partial charge in [0.1, 0.15) is 11.7 Å². The maximum atomic E-state index is 11.9. The third-order valence-electron chi connectivity index (χ3n) is 9.63. The lowest BCUT2D eigenvalue weighted by Gasteiger charge is -2.16. The minimum Gasteiger partial charge on any atom is -0.545 e. The summed E-state index contributed by atoms with van der Waals surface area (Å²) in [5, 5.41) is 15.4. The van der Waals surface area contributed by atoms with Crippen LogP contribution in [0.25, 0.3) is 44.5 Å². The number of rotatable bonds is 9. The third-order valence-corrected chi connectivity index (χ3v) is 9.63. The first-order valence-corrected chi connectivity index (χ1v) is 18.5. The maximum Gasteiger partial charge on any atom is 0.235 e. The number of carboxylic acid groups (broad SMARTS) is 1. The Labute approximate surface area is 341 Å². The Balaban J connectivity index is 0.000000203. The lowest BCUT2D eigenvalue weighted by atomic mass is 9.91. The number of nitrogens with one attached hydrogen (secondary N) is 2. The summed E-state index contributed by atoms with van der Waals surface area (Å²) < 4.78 is 0. The minimum absolute atomic E-state index is 0.143. The van der Waals surface area contributed by atoms with Crippen LogP contribution in [0.2, 0.25) is 0 Å². The van der Waals surface area contributed by atoms with E-state index in [-0.39, 0.29) is 11.6 Å². The number of aromatic carboxylic acids is 1. The van der Waals surface area contributed by atoms with E-state index < -0.39 is 5.97 Å². The van der Waals surface area contributed by atoms with Crippen LogP contribution in [0.4, 0.5) is 5.69 Å². The van der Waals surface area contributed by atoms with Crippen LogP contribution in [0.5, 0.6) is 0 Å². The number of terminal acetylenes is 4. The van der Waals surface area contributed by atoms with E-state index in [0.29, 0.717) is 11.1 Å². The molecule has 7 aromatic carbocycles. The molecule has 58 heavy (non-hydrogen) atoms. The van der Waals surface area contributed by atoms with Gasteiger partial charge in [-0.25, -0.2) is 5.32 Å². The van der Waals surface area contributed by atoms with Gasteiger partial charge in [-0.1, -0.05) is 139 Å². The highest BCUT2D eigenvalue weighted by Gasteiger charge is 2.16. The number of benzene rings is 7. The van der Waals surface area contributed by atoms with E-state index >= 15 is 0 Å². The molecule has 4 nitrogen and oxygen atoms in total. The summed E-state index contributed by atoms with van der Waals surface area (Å²) in [5.41, 5.74) is 12.6. The van der Waals surface area contributed by atoms with Crippen molar-refractivity contribution < 1.29 is 14.9 Å². The number of hydrogen-bond donors (Lipinski definition) is 2. The number of carbonyl (C=O) groups excluding carboxylic acids is 1. The highest BCUT2D eigenvalue weighted by molar-refractivity contribution is 6.02. The van der Waals surface area contributed by atoms with Gasteiger partial charge in [0.05, 0.1) is 5.97 Å². The topological polar surface area (TPSA) is 66.1 Å². The zero-order chi connectivity index (χ0) is 40.9. The van der Waals surface area contributed by atoms with Crippen molar-refractivity contribution >= 4 is 18.0 Å². The fourth-order valence-electron chi connectivity index (χ4n) is 6.50. The van der Waals surface area contributed by atoms with Gasteiger partial charge in [0.15, 0.2) is 0 Å². The van der Waals surface area contributed by atoms with Crippen LogP contribution in [0, 0.1) is 49.4 Å². The molecule has 7 rings (SSSR count). The summed E-state index contributed by atoms with van der Waals surface area (Å²) in [5.74, 6) is 9.23. The van der Waals surface area contributed by atoms with Crippen molar-refractivity contribution in [2.45, 2.75) is 13.0 Å². The average molecular weight is 747 g/mol. The molecule has 0 spiro atoms. The van der Waals surface area contributed by atoms with Gasteiger partial charge >= 0.3 is 0 Å². The minimum atomic E-state index is -1.23. The number of carbonyl (C=O) groups is 1. The van der Waals surface area contributed by atoms with Gasteiger partial charge in [-0.3, -0.25) is 4.99 Å². The monoisotopic (exact) mass is 746 g/mol. The highest BCUT2D eigenvalue weighted by atomic mass is 16.4. The molecule has 0 radical (unpaired) electrons. The molecule has 0 amide bonds. The van der Waals surface area contributed by atoms with Crippen molar-refractivity contribution in [1.29, 1.82) is 0 Å². The summed E-state index contributed by atoms with van der Waals surface area (Å²) in [6, 6.07) is 52.6. The Hall–Kier alpha value is -8.28. The second-order valence-corrected chi connectivity index (χ2v) is 13.2. The molecule has 0 heterocycles. The Morgan fingerprint density at radius 1 is 0.517 bits per heavy atom. The Morgan fingerprint density at radius 3 is 1.21 bits per heavy atom. The Kier molecular flexibility index (Phi) is 12.8. The number of anilines is 1. The van der Waals surface area contributed by atoms with E-state index in [2.05, 4.69) is 95.5 Å². The molecule has 4 heteroatoms. The van der Waals surface area contributed by atoms with Gasteiger partial charge in [0.2, 0.25) is 6.34 Å². The number of carboxylic acids is 1. The molecule has 2 N–H and O–H groups in total. The van der Waals surface area contributed by atoms with Crippen molar-refractivity contribution in [1.82, 2.24) is 0 Å². The smallest absolute Gasteiger partial charge is 0.235 e. The van der Waals surface area contributed by atoms with Gasteiger partial charge in [0, 0.05) is 38.9 Å². The summed E-state index contributed by atoms with van der Waals surface area (Å²) in [6.45, 7) is 2.14. The summed E-state index contributed by atoms with van der Waals surface area (Å²) >= 11 is 0. The van der Waals surface area contributed by atoms with E-state index in [9.17, 15) is 9.90 Å². The zero-order valence-corrected chi connectivity index (χ0v) is 31.9. The molecule has 0 fully saturated rings. The van der Waals surface area contributed by atoms with E-state index in [1.165, 1.54) is 5.56 Å². The van der Waals surface area contributed by atoms with Crippen molar-refractivity contribution in [3.05, 3.63) is 197 Å². The molecule has 0 saturated carbocycles. The predicted molar refractivity (Wildman–Crippen MR) is 236 cm³/mol. The second kappa shape index (κ2) is 18.8. The van der Waals surface area contributed by atoms with Crippen LogP contribution in [-0.2, 0) is 0 Å². The fourth-order valence-corrected chi connectivity index (χ4v) is 6.50. The zero-order valence-electron chi connectivity index (χ0n) is 31.9. The van der Waals surface area contributed by atoms with Crippen molar-refractivity contribution in [3.8, 4) is 93.9 Å². The predicted octanol–water partition coefficient (Wildman–Crippen LogP) is 8.61. The second-order valence-electron chi connectivity index (χ2n) is 13.2. The molecule has 7 aromatic rings. The number of para-hydroxylation sites is 1.